The molecule has 0 bridgehead atoms. The molecule has 0 radical (unpaired) electrons. The zero-order valence-electron chi connectivity index (χ0n) is 23.5. The molecule has 1 aliphatic heterocycles. The highest BCUT2D eigenvalue weighted by Gasteiger charge is 2.65. The van der Waals surface area contributed by atoms with E-state index in [2.05, 4.69) is 11.9 Å². The van der Waals surface area contributed by atoms with Gasteiger partial charge in [0.05, 0.1) is 17.3 Å². The number of phenolic OH excluding ortho intramolecular Hbond substituents is 1. The van der Waals surface area contributed by atoms with E-state index in [0.29, 0.717) is 40.7 Å². The number of fused-ring (bicyclic) bond motifs is 4. The minimum absolute atomic E-state index is 0.0511. The third-order valence-corrected chi connectivity index (χ3v) is 10.0. The van der Waals surface area contributed by atoms with Crippen LogP contribution in [0.3, 0.4) is 0 Å². The Labute approximate surface area is 249 Å². The zero-order chi connectivity index (χ0) is 29.9. The number of amides is 2. The molecular formula is C37H31NO5. The number of benzene rings is 3. The summed E-state index contributed by atoms with van der Waals surface area (Å²) in [7, 11) is 0. The Morgan fingerprint density at radius 1 is 0.884 bits per heavy atom. The van der Waals surface area contributed by atoms with Gasteiger partial charge in [0.25, 0.3) is 0 Å². The van der Waals surface area contributed by atoms with Crippen LogP contribution in [0.25, 0.3) is 5.57 Å². The second kappa shape index (κ2) is 10.2. The first-order chi connectivity index (χ1) is 20.9. The summed E-state index contributed by atoms with van der Waals surface area (Å²) in [5.41, 5.74) is 2.35. The van der Waals surface area contributed by atoms with Crippen LogP contribution in [0.5, 0.6) is 5.75 Å². The number of para-hydroxylation sites is 1. The van der Waals surface area contributed by atoms with Crippen LogP contribution in [0.4, 0.5) is 0 Å². The van der Waals surface area contributed by atoms with Crippen molar-refractivity contribution in [2.24, 2.45) is 23.7 Å². The quantitative estimate of drug-likeness (QED) is 0.324. The molecule has 6 heteroatoms. The summed E-state index contributed by atoms with van der Waals surface area (Å²) in [6.07, 6.45) is 6.19. The summed E-state index contributed by atoms with van der Waals surface area (Å²) < 4.78 is 0. The van der Waals surface area contributed by atoms with Gasteiger partial charge in [0.15, 0.2) is 11.6 Å². The molecule has 6 nitrogen and oxygen atoms in total. The van der Waals surface area contributed by atoms with Crippen molar-refractivity contribution < 1.29 is 24.3 Å². The maximum absolute atomic E-state index is 14.9. The molecule has 2 N–H and O–H groups in total. The van der Waals surface area contributed by atoms with E-state index in [1.807, 2.05) is 84.9 Å². The number of nitrogens with one attached hydrogen (secondary N) is 1. The number of ketones is 2. The lowest BCUT2D eigenvalue weighted by molar-refractivity contribution is -0.135. The normalized spacial score (nSPS) is 29.5. The van der Waals surface area contributed by atoms with Gasteiger partial charge in [-0.25, -0.2) is 0 Å². The molecule has 1 saturated carbocycles. The summed E-state index contributed by atoms with van der Waals surface area (Å²) in [6.45, 7) is 3.84. The summed E-state index contributed by atoms with van der Waals surface area (Å²) in [4.78, 5) is 55.7. The fourth-order valence-electron chi connectivity index (χ4n) is 8.29. The first kappa shape index (κ1) is 27.0. The smallest absolute Gasteiger partial charge is 0.231 e. The second-order valence-corrected chi connectivity index (χ2v) is 12.0. The highest BCUT2D eigenvalue weighted by Crippen LogP contribution is 2.64. The minimum atomic E-state index is -1.37. The van der Waals surface area contributed by atoms with E-state index >= 15 is 0 Å². The van der Waals surface area contributed by atoms with Gasteiger partial charge in [0, 0.05) is 23.0 Å². The number of carbonyl (C=O) groups excluding carboxylic acids is 4. The second-order valence-electron chi connectivity index (χ2n) is 12.0. The van der Waals surface area contributed by atoms with E-state index in [9.17, 15) is 24.3 Å². The molecule has 6 unspecified atom stereocenters. The van der Waals surface area contributed by atoms with Crippen molar-refractivity contribution in [3.63, 3.8) is 0 Å². The summed E-state index contributed by atoms with van der Waals surface area (Å²) >= 11 is 0. The average molecular weight is 570 g/mol. The molecule has 3 aromatic rings. The van der Waals surface area contributed by atoms with E-state index in [-0.39, 0.29) is 35.6 Å². The van der Waals surface area contributed by atoms with Crippen LogP contribution in [-0.4, -0.2) is 28.5 Å². The molecule has 3 aromatic carbocycles. The lowest BCUT2D eigenvalue weighted by atomic mass is 9.44. The van der Waals surface area contributed by atoms with Gasteiger partial charge in [-0.15, -0.1) is 6.58 Å². The van der Waals surface area contributed by atoms with Crippen molar-refractivity contribution in [1.82, 2.24) is 5.32 Å². The largest absolute Gasteiger partial charge is 0.507 e. The molecule has 0 aromatic heterocycles. The fourth-order valence-corrected chi connectivity index (χ4v) is 8.29. The van der Waals surface area contributed by atoms with E-state index in [1.165, 1.54) is 6.08 Å². The van der Waals surface area contributed by atoms with Crippen LogP contribution in [0.2, 0.25) is 0 Å². The van der Waals surface area contributed by atoms with Crippen LogP contribution < -0.4 is 5.32 Å². The number of phenols is 1. The Hall–Kier alpha value is -4.84. The number of hydrogen-bond donors (Lipinski definition) is 2. The van der Waals surface area contributed by atoms with Gasteiger partial charge in [-0.2, -0.15) is 0 Å². The molecular weight excluding hydrogens is 538 g/mol. The fraction of sp³-hybridized carbons (Fsp3) is 0.243. The van der Waals surface area contributed by atoms with Gasteiger partial charge < -0.3 is 5.11 Å². The third-order valence-electron chi connectivity index (χ3n) is 10.0. The predicted molar refractivity (Wildman–Crippen MR) is 162 cm³/mol. The average Bonchev–Trinajstić information content (AvgIpc) is 3.33. The maximum atomic E-state index is 14.9. The van der Waals surface area contributed by atoms with E-state index in [0.717, 1.165) is 5.57 Å². The van der Waals surface area contributed by atoms with Crippen LogP contribution in [0.1, 0.15) is 41.0 Å². The molecule has 1 saturated heterocycles. The van der Waals surface area contributed by atoms with Gasteiger partial charge in [-0.3, -0.25) is 24.5 Å². The van der Waals surface area contributed by atoms with E-state index < -0.39 is 35.0 Å². The lowest BCUT2D eigenvalue weighted by Gasteiger charge is -2.55. The minimum Gasteiger partial charge on any atom is -0.507 e. The number of carbonyl (C=O) groups is 4. The van der Waals surface area contributed by atoms with Crippen molar-refractivity contribution in [3.05, 3.63) is 131 Å². The van der Waals surface area contributed by atoms with Crippen LogP contribution in [0.15, 0.2) is 109 Å². The Morgan fingerprint density at radius 2 is 1.60 bits per heavy atom. The van der Waals surface area contributed by atoms with Crippen molar-refractivity contribution >= 4 is 29.0 Å². The summed E-state index contributed by atoms with van der Waals surface area (Å²) in [5, 5.41) is 14.3. The van der Waals surface area contributed by atoms with Gasteiger partial charge in [0.2, 0.25) is 11.8 Å². The Morgan fingerprint density at radius 3 is 2.33 bits per heavy atom. The maximum Gasteiger partial charge on any atom is 0.231 e. The number of hydrogen-bond acceptors (Lipinski definition) is 5. The summed E-state index contributed by atoms with van der Waals surface area (Å²) in [6, 6.07) is 24.0. The molecule has 7 rings (SSSR count). The first-order valence-corrected chi connectivity index (χ1v) is 14.8. The Bertz CT molecular complexity index is 1750. The first-order valence-electron chi connectivity index (χ1n) is 14.8. The topological polar surface area (TPSA) is 101 Å². The Kier molecular flexibility index (Phi) is 6.38. The molecule has 0 spiro atoms. The molecule has 2 amide bonds. The van der Waals surface area contributed by atoms with Gasteiger partial charge >= 0.3 is 0 Å². The van der Waals surface area contributed by atoms with Crippen molar-refractivity contribution in [2.45, 2.75) is 30.6 Å². The Balaban J connectivity index is 1.55. The molecule has 43 heavy (non-hydrogen) atoms. The van der Waals surface area contributed by atoms with Crippen LogP contribution in [-0.2, 0) is 31.0 Å². The molecule has 1 heterocycles. The molecule has 3 aliphatic carbocycles. The SMILES string of the molecule is C=CCc1cccc(C2C3=CCC4C(=O)NC(=O)C4C3CC3C(=O)C(c4ccccc4)=CC(=O)C32c2ccccc2)c1O. The molecule has 2 fully saturated rings. The van der Waals surface area contributed by atoms with Crippen LogP contribution in [0, 0.1) is 23.7 Å². The highest BCUT2D eigenvalue weighted by atomic mass is 16.3. The highest BCUT2D eigenvalue weighted by molar-refractivity contribution is 6.31. The number of imide groups is 1. The van der Waals surface area contributed by atoms with Crippen LogP contribution >= 0.6 is 0 Å². The van der Waals surface area contributed by atoms with E-state index in [1.54, 1.807) is 6.08 Å². The number of rotatable bonds is 5. The standard InChI is InChI=1S/C37H31NO5/c1-2-10-22-13-9-16-26(33(22)40)32-24-17-18-25-31(36(43)38-35(25)42)28(24)19-29-34(41)27(21-11-5-3-6-12-21)20-30(39)37(29,32)23-14-7-4-8-15-23/h2-9,11-17,20,25,28-29,31-32,40H,1,10,18-19H2,(H,38,42,43). The van der Waals surface area contributed by atoms with Crippen molar-refractivity contribution in [2.75, 3.05) is 0 Å². The summed E-state index contributed by atoms with van der Waals surface area (Å²) in [5.74, 6) is -4.16. The third kappa shape index (κ3) is 3.86. The van der Waals surface area contributed by atoms with Crippen molar-refractivity contribution in [1.29, 1.82) is 0 Å². The van der Waals surface area contributed by atoms with Crippen molar-refractivity contribution in [3.8, 4) is 5.75 Å². The molecule has 6 atom stereocenters. The molecule has 4 aliphatic rings. The number of aromatic hydroxyl groups is 1. The van der Waals surface area contributed by atoms with E-state index in [4.69, 9.17) is 0 Å². The lowest BCUT2D eigenvalue weighted by Crippen LogP contribution is -2.58. The molecule has 214 valence electrons. The van der Waals surface area contributed by atoms with Gasteiger partial charge in [0.1, 0.15) is 5.75 Å². The zero-order valence-corrected chi connectivity index (χ0v) is 23.5. The number of allylic oxidation sites excluding steroid dienone is 5. The number of Topliss-reactive ketones (excluding diaryl/α,β-unsaturated/α-hetero) is 1. The predicted octanol–water partition coefficient (Wildman–Crippen LogP) is 5.23. The van der Waals surface area contributed by atoms with Gasteiger partial charge in [-0.1, -0.05) is 96.6 Å². The van der Waals surface area contributed by atoms with Gasteiger partial charge in [-0.05, 0) is 47.9 Å². The monoisotopic (exact) mass is 569 g/mol.